The molecule has 1 saturated carbocycles. The summed E-state index contributed by atoms with van der Waals surface area (Å²) in [5.41, 5.74) is 2.69. The van der Waals surface area contributed by atoms with Crippen LogP contribution < -0.4 is 4.74 Å². The molecule has 1 aliphatic rings. The largest absolute Gasteiger partial charge is 0.497 e. The topological polar surface area (TPSA) is 9.23 Å². The zero-order valence-electron chi connectivity index (χ0n) is 9.29. The molecule has 1 fully saturated rings. The van der Waals surface area contributed by atoms with Gasteiger partial charge in [0.05, 0.1) is 7.11 Å². The molecule has 2 atom stereocenters. The number of hydrogen-bond donors (Lipinski definition) is 0. The van der Waals surface area contributed by atoms with Crippen LogP contribution in [0.5, 0.6) is 5.75 Å². The number of ether oxygens (including phenoxy) is 1. The number of benzene rings is 1. The Labute approximate surface area is 96.4 Å². The van der Waals surface area contributed by atoms with E-state index in [9.17, 15) is 0 Å². The van der Waals surface area contributed by atoms with Crippen LogP contribution in [0.15, 0.2) is 18.2 Å². The van der Waals surface area contributed by atoms with E-state index >= 15 is 0 Å². The third-order valence-electron chi connectivity index (χ3n) is 3.31. The van der Waals surface area contributed by atoms with E-state index in [1.807, 2.05) is 6.07 Å². The second-order valence-corrected chi connectivity index (χ2v) is 4.84. The first kappa shape index (κ1) is 10.8. The first-order chi connectivity index (χ1) is 7.22. The molecule has 0 N–H and O–H groups in total. The van der Waals surface area contributed by atoms with Crippen molar-refractivity contribution < 1.29 is 4.74 Å². The van der Waals surface area contributed by atoms with Crippen LogP contribution in [0, 0.1) is 6.92 Å². The molecular weight excluding hydrogens is 208 g/mol. The molecule has 15 heavy (non-hydrogen) atoms. The van der Waals surface area contributed by atoms with Gasteiger partial charge in [0.15, 0.2) is 0 Å². The van der Waals surface area contributed by atoms with E-state index in [1.54, 1.807) is 7.11 Å². The fourth-order valence-corrected chi connectivity index (χ4v) is 2.87. The first-order valence-electron chi connectivity index (χ1n) is 5.51. The second-order valence-electron chi connectivity index (χ2n) is 4.28. The number of rotatable bonds is 2. The fourth-order valence-electron chi connectivity index (χ4n) is 2.46. The van der Waals surface area contributed by atoms with Crippen LogP contribution in [0.4, 0.5) is 0 Å². The van der Waals surface area contributed by atoms with Crippen LogP contribution in [0.1, 0.15) is 36.3 Å². The van der Waals surface area contributed by atoms with E-state index < -0.39 is 0 Å². The molecule has 2 rings (SSSR count). The van der Waals surface area contributed by atoms with E-state index in [2.05, 4.69) is 19.1 Å². The van der Waals surface area contributed by atoms with Crippen LogP contribution in [0.25, 0.3) is 0 Å². The molecule has 82 valence electrons. The maximum atomic E-state index is 6.33. The summed E-state index contributed by atoms with van der Waals surface area (Å²) in [4.78, 5) is 0. The highest BCUT2D eigenvalue weighted by Crippen LogP contribution is 2.39. The van der Waals surface area contributed by atoms with Crippen molar-refractivity contribution in [1.82, 2.24) is 0 Å². The minimum absolute atomic E-state index is 0.317. The zero-order chi connectivity index (χ0) is 10.8. The summed E-state index contributed by atoms with van der Waals surface area (Å²) < 4.78 is 5.21. The van der Waals surface area contributed by atoms with Gasteiger partial charge in [-0.25, -0.2) is 0 Å². The van der Waals surface area contributed by atoms with Crippen molar-refractivity contribution in [2.24, 2.45) is 0 Å². The van der Waals surface area contributed by atoms with Gasteiger partial charge in [-0.05, 0) is 43.0 Å². The standard InChI is InChI=1S/C13H17ClO/c1-9-8-10(15-2)6-7-11(9)12-4-3-5-13(12)14/h6-8,12-13H,3-5H2,1-2H3. The SMILES string of the molecule is COc1ccc(C2CCCC2Cl)c(C)c1. The summed E-state index contributed by atoms with van der Waals surface area (Å²) in [6.07, 6.45) is 3.63. The third kappa shape index (κ3) is 2.12. The Morgan fingerprint density at radius 3 is 2.67 bits per heavy atom. The van der Waals surface area contributed by atoms with Crippen LogP contribution in [0.3, 0.4) is 0 Å². The molecule has 0 saturated heterocycles. The van der Waals surface area contributed by atoms with Gasteiger partial charge in [-0.3, -0.25) is 0 Å². The Bertz CT molecular complexity index is 348. The third-order valence-corrected chi connectivity index (χ3v) is 3.83. The van der Waals surface area contributed by atoms with Crippen molar-refractivity contribution in [3.63, 3.8) is 0 Å². The summed E-state index contributed by atoms with van der Waals surface area (Å²) in [5.74, 6) is 1.47. The highest BCUT2D eigenvalue weighted by atomic mass is 35.5. The van der Waals surface area contributed by atoms with E-state index in [0.29, 0.717) is 11.3 Å². The lowest BCUT2D eigenvalue weighted by molar-refractivity contribution is 0.414. The number of alkyl halides is 1. The Morgan fingerprint density at radius 2 is 2.13 bits per heavy atom. The Hall–Kier alpha value is -0.690. The number of aryl methyl sites for hydroxylation is 1. The summed E-state index contributed by atoms with van der Waals surface area (Å²) in [7, 11) is 1.70. The highest BCUT2D eigenvalue weighted by Gasteiger charge is 2.27. The molecule has 0 spiro atoms. The van der Waals surface area contributed by atoms with E-state index in [-0.39, 0.29) is 0 Å². The van der Waals surface area contributed by atoms with Gasteiger partial charge in [0.2, 0.25) is 0 Å². The van der Waals surface area contributed by atoms with E-state index in [0.717, 1.165) is 12.2 Å². The van der Waals surface area contributed by atoms with E-state index in [4.69, 9.17) is 16.3 Å². The Kier molecular flexibility index (Phi) is 3.20. The van der Waals surface area contributed by atoms with E-state index in [1.165, 1.54) is 24.0 Å². The van der Waals surface area contributed by atoms with Crippen molar-refractivity contribution in [1.29, 1.82) is 0 Å². The fraction of sp³-hybridized carbons (Fsp3) is 0.538. The molecule has 1 nitrogen and oxygen atoms in total. The van der Waals surface area contributed by atoms with Crippen molar-refractivity contribution in [2.75, 3.05) is 7.11 Å². The maximum Gasteiger partial charge on any atom is 0.119 e. The quantitative estimate of drug-likeness (QED) is 0.693. The van der Waals surface area contributed by atoms with Crippen LogP contribution in [-0.2, 0) is 0 Å². The first-order valence-corrected chi connectivity index (χ1v) is 5.94. The second kappa shape index (κ2) is 4.44. The number of hydrogen-bond acceptors (Lipinski definition) is 1. The van der Waals surface area contributed by atoms with Crippen molar-refractivity contribution in [2.45, 2.75) is 37.5 Å². The molecule has 1 aromatic rings. The van der Waals surface area contributed by atoms with Gasteiger partial charge >= 0.3 is 0 Å². The predicted octanol–water partition coefficient (Wildman–Crippen LogP) is 3.88. The van der Waals surface area contributed by atoms with Crippen molar-refractivity contribution in [3.8, 4) is 5.75 Å². The van der Waals surface area contributed by atoms with Gasteiger partial charge in [-0.2, -0.15) is 0 Å². The van der Waals surface area contributed by atoms with Crippen LogP contribution in [-0.4, -0.2) is 12.5 Å². The molecule has 0 amide bonds. The number of methoxy groups -OCH3 is 1. The highest BCUT2D eigenvalue weighted by molar-refractivity contribution is 6.21. The van der Waals surface area contributed by atoms with Crippen molar-refractivity contribution in [3.05, 3.63) is 29.3 Å². The molecule has 0 radical (unpaired) electrons. The Balaban J connectivity index is 2.28. The molecule has 1 aromatic carbocycles. The maximum absolute atomic E-state index is 6.33. The molecule has 0 bridgehead atoms. The average Bonchev–Trinajstić information content (AvgIpc) is 2.64. The molecule has 2 heteroatoms. The van der Waals surface area contributed by atoms with Gasteiger partial charge in [-0.15, -0.1) is 11.6 Å². The van der Waals surface area contributed by atoms with Crippen molar-refractivity contribution >= 4 is 11.6 Å². The smallest absolute Gasteiger partial charge is 0.119 e. The molecular formula is C13H17ClO. The van der Waals surface area contributed by atoms with Crippen LogP contribution >= 0.6 is 11.6 Å². The lowest BCUT2D eigenvalue weighted by Gasteiger charge is -2.17. The minimum atomic E-state index is 0.317. The normalized spacial score (nSPS) is 25.5. The molecule has 0 aliphatic heterocycles. The van der Waals surface area contributed by atoms with Gasteiger partial charge in [0.25, 0.3) is 0 Å². The predicted molar refractivity (Wildman–Crippen MR) is 64.0 cm³/mol. The van der Waals surface area contributed by atoms with Gasteiger partial charge in [0.1, 0.15) is 5.75 Å². The average molecular weight is 225 g/mol. The summed E-state index contributed by atoms with van der Waals surface area (Å²) in [6.45, 7) is 2.14. The molecule has 1 aliphatic carbocycles. The lowest BCUT2D eigenvalue weighted by Crippen LogP contribution is -2.06. The lowest BCUT2D eigenvalue weighted by atomic mass is 9.93. The minimum Gasteiger partial charge on any atom is -0.497 e. The molecule has 2 unspecified atom stereocenters. The Morgan fingerprint density at radius 1 is 1.33 bits per heavy atom. The summed E-state index contributed by atoms with van der Waals surface area (Å²) in [6, 6.07) is 6.29. The monoisotopic (exact) mass is 224 g/mol. The van der Waals surface area contributed by atoms with Gasteiger partial charge in [0, 0.05) is 11.3 Å². The van der Waals surface area contributed by atoms with Crippen LogP contribution in [0.2, 0.25) is 0 Å². The summed E-state index contributed by atoms with van der Waals surface area (Å²) in [5, 5.41) is 0.317. The van der Waals surface area contributed by atoms with Gasteiger partial charge < -0.3 is 4.74 Å². The summed E-state index contributed by atoms with van der Waals surface area (Å²) >= 11 is 6.33. The molecule has 0 heterocycles. The number of halogens is 1. The zero-order valence-corrected chi connectivity index (χ0v) is 10.1. The molecule has 0 aromatic heterocycles. The van der Waals surface area contributed by atoms with Gasteiger partial charge in [-0.1, -0.05) is 12.5 Å².